The van der Waals surface area contributed by atoms with E-state index in [1.165, 1.54) is 14.9 Å². The normalized spacial score (nSPS) is 23.9. The van der Waals surface area contributed by atoms with E-state index in [1.54, 1.807) is 17.7 Å². The molecule has 44 heavy (non-hydrogen) atoms. The Bertz CT molecular complexity index is 1620. The molecule has 0 radical (unpaired) electrons. The van der Waals surface area contributed by atoms with Gasteiger partial charge in [0, 0.05) is 55.7 Å². The van der Waals surface area contributed by atoms with E-state index in [-0.39, 0.29) is 47.3 Å². The van der Waals surface area contributed by atoms with Gasteiger partial charge in [0.2, 0.25) is 20.0 Å². The molecule has 1 N–H and O–H groups in total. The lowest BCUT2D eigenvalue weighted by molar-refractivity contribution is 0.114. The first-order chi connectivity index (χ1) is 20.7. The van der Waals surface area contributed by atoms with Crippen molar-refractivity contribution in [2.24, 2.45) is 0 Å². The van der Waals surface area contributed by atoms with Crippen molar-refractivity contribution in [2.75, 3.05) is 38.7 Å². The number of sulfonamides is 2. The predicted octanol–water partition coefficient (Wildman–Crippen LogP) is 2.74. The van der Waals surface area contributed by atoms with Crippen molar-refractivity contribution in [1.29, 1.82) is 0 Å². The zero-order valence-electron chi connectivity index (χ0n) is 26.0. The van der Waals surface area contributed by atoms with Gasteiger partial charge in [-0.3, -0.25) is 9.69 Å². The molecule has 0 saturated carbocycles. The number of amides is 1. The summed E-state index contributed by atoms with van der Waals surface area (Å²) in [5, 5.41) is 3.80. The molecular formula is C30H45N5O7S2. The van der Waals surface area contributed by atoms with Gasteiger partial charge in [-0.1, -0.05) is 18.2 Å². The van der Waals surface area contributed by atoms with Crippen LogP contribution in [0.15, 0.2) is 35.1 Å². The molecule has 5 rings (SSSR count). The molecule has 3 atom stereocenters. The molecule has 0 aliphatic carbocycles. The largest absolute Gasteiger partial charge is 0.413 e. The van der Waals surface area contributed by atoms with Crippen molar-refractivity contribution in [1.82, 2.24) is 23.4 Å². The van der Waals surface area contributed by atoms with E-state index >= 15 is 0 Å². The Kier molecular flexibility index (Phi) is 9.76. The number of pyridine rings is 1. The number of ether oxygens (including phenoxy) is 1. The van der Waals surface area contributed by atoms with Crippen molar-refractivity contribution < 1.29 is 26.4 Å². The summed E-state index contributed by atoms with van der Waals surface area (Å²) in [7, 11) is -5.13. The van der Waals surface area contributed by atoms with Crippen LogP contribution in [-0.4, -0.2) is 104 Å². The molecule has 1 aromatic heterocycles. The van der Waals surface area contributed by atoms with Crippen LogP contribution in [0.1, 0.15) is 64.8 Å². The van der Waals surface area contributed by atoms with E-state index in [0.29, 0.717) is 38.9 Å². The number of piperidine rings is 2. The summed E-state index contributed by atoms with van der Waals surface area (Å²) in [5.74, 6) is 0.0433. The number of aromatic nitrogens is 1. The van der Waals surface area contributed by atoms with Crippen LogP contribution in [0.2, 0.25) is 0 Å². The van der Waals surface area contributed by atoms with Crippen LogP contribution < -0.4 is 15.6 Å². The third kappa shape index (κ3) is 7.14. The Balaban J connectivity index is 1.12. The number of benzene rings is 1. The third-order valence-corrected chi connectivity index (χ3v) is 12.8. The van der Waals surface area contributed by atoms with Crippen LogP contribution >= 0.6 is 0 Å². The van der Waals surface area contributed by atoms with Gasteiger partial charge in [-0.05, 0) is 77.5 Å². The van der Waals surface area contributed by atoms with Crippen LogP contribution in [0, 0.1) is 0 Å². The summed E-state index contributed by atoms with van der Waals surface area (Å²) in [5.41, 5.74) is 0.447. The first-order valence-electron chi connectivity index (χ1n) is 15.5. The zero-order chi connectivity index (χ0) is 31.8. The highest BCUT2D eigenvalue weighted by molar-refractivity contribution is 7.89. The molecule has 3 aliphatic rings. The molecule has 4 heterocycles. The van der Waals surface area contributed by atoms with E-state index in [4.69, 9.17) is 4.74 Å². The molecule has 2 aromatic rings. The van der Waals surface area contributed by atoms with E-state index in [9.17, 15) is 26.4 Å². The molecule has 12 nitrogen and oxygen atoms in total. The second kappa shape index (κ2) is 13.1. The second-order valence-electron chi connectivity index (χ2n) is 12.7. The number of para-hydroxylation sites is 1. The van der Waals surface area contributed by atoms with Crippen molar-refractivity contribution in [3.8, 4) is 5.75 Å². The second-order valence-corrected chi connectivity index (χ2v) is 16.9. The molecule has 3 saturated heterocycles. The number of rotatable bonds is 10. The number of carbonyl (C=O) groups is 1. The average molecular weight is 652 g/mol. The van der Waals surface area contributed by atoms with Gasteiger partial charge in [-0.2, -0.15) is 0 Å². The Labute approximate surface area is 260 Å². The van der Waals surface area contributed by atoms with Gasteiger partial charge < -0.3 is 14.6 Å². The molecule has 1 amide bonds. The molecule has 1 aromatic carbocycles. The standard InChI is InChI=1S/C30H45N5O7S2/c1-21(2)35-27-9-6-5-8-22(27)18-28(29(35)36)42-30(37)31-23-19-25-10-11-26(20-23)34(25)14-7-17-44(40,41)32(3)24-12-15-33(16-13-24)43(4,38)39/h5-6,8-9,18,21,23-26H,7,10-17,19-20H2,1-4H3,(H,31,37)/t23-,25-,26?/m0/s1. The van der Waals surface area contributed by atoms with Crippen molar-refractivity contribution >= 4 is 37.0 Å². The molecular weight excluding hydrogens is 606 g/mol. The number of hydrogen-bond donors (Lipinski definition) is 1. The van der Waals surface area contributed by atoms with Crippen LogP contribution in [0.5, 0.6) is 5.75 Å². The number of fused-ring (bicyclic) bond motifs is 3. The summed E-state index contributed by atoms with van der Waals surface area (Å²) in [6, 6.07) is 9.25. The highest BCUT2D eigenvalue weighted by Crippen LogP contribution is 2.36. The summed E-state index contributed by atoms with van der Waals surface area (Å²) in [4.78, 5) is 28.4. The van der Waals surface area contributed by atoms with E-state index in [2.05, 4.69) is 10.2 Å². The van der Waals surface area contributed by atoms with E-state index in [0.717, 1.165) is 36.6 Å². The number of carbonyl (C=O) groups excluding carboxylic acids is 1. The number of nitrogens with zero attached hydrogens (tertiary/aromatic N) is 4. The van der Waals surface area contributed by atoms with Crippen LogP contribution in [0.25, 0.3) is 10.9 Å². The fourth-order valence-electron chi connectivity index (χ4n) is 7.24. The maximum atomic E-state index is 13.1. The topological polar surface area (TPSA) is 138 Å². The summed E-state index contributed by atoms with van der Waals surface area (Å²) in [6.07, 6.45) is 5.50. The minimum absolute atomic E-state index is 0.00225. The lowest BCUT2D eigenvalue weighted by Gasteiger charge is -2.39. The van der Waals surface area contributed by atoms with Crippen LogP contribution in [0.3, 0.4) is 0 Å². The maximum absolute atomic E-state index is 13.1. The van der Waals surface area contributed by atoms with Gasteiger partial charge in [-0.25, -0.2) is 30.2 Å². The first kappa shape index (κ1) is 32.9. The van der Waals surface area contributed by atoms with Gasteiger partial charge in [0.25, 0.3) is 5.56 Å². The summed E-state index contributed by atoms with van der Waals surface area (Å²) < 4.78 is 59.8. The molecule has 14 heteroatoms. The minimum atomic E-state index is -3.47. The zero-order valence-corrected chi connectivity index (χ0v) is 27.6. The molecule has 244 valence electrons. The fraction of sp³-hybridized carbons (Fsp3) is 0.667. The fourth-order valence-corrected chi connectivity index (χ4v) is 9.56. The summed E-state index contributed by atoms with van der Waals surface area (Å²) in [6.45, 7) is 5.17. The van der Waals surface area contributed by atoms with E-state index in [1.807, 2.05) is 38.1 Å². The lowest BCUT2D eigenvalue weighted by Crippen LogP contribution is -2.51. The first-order valence-corrected chi connectivity index (χ1v) is 19.0. The SMILES string of the molecule is CC(C)n1c(=O)c(OC(=O)N[C@@H]2CC3CC[C@@H](C2)N3CCCS(=O)(=O)N(C)C2CCN(S(C)(=O)=O)CC2)cc2ccccc21. The molecule has 2 bridgehead atoms. The Morgan fingerprint density at radius 3 is 2.30 bits per heavy atom. The van der Waals surface area contributed by atoms with E-state index < -0.39 is 26.1 Å². The number of hydrogen-bond acceptors (Lipinski definition) is 8. The highest BCUT2D eigenvalue weighted by atomic mass is 32.2. The monoisotopic (exact) mass is 651 g/mol. The third-order valence-electron chi connectivity index (χ3n) is 9.50. The van der Waals surface area contributed by atoms with Crippen LogP contribution in [0.4, 0.5) is 4.79 Å². The molecule has 1 unspecified atom stereocenters. The van der Waals surface area contributed by atoms with Gasteiger partial charge in [0.15, 0.2) is 5.75 Å². The Morgan fingerprint density at radius 1 is 1.05 bits per heavy atom. The van der Waals surface area contributed by atoms with Crippen molar-refractivity contribution in [3.05, 3.63) is 40.7 Å². The maximum Gasteiger partial charge on any atom is 0.413 e. The quantitative estimate of drug-likeness (QED) is 0.414. The van der Waals surface area contributed by atoms with Crippen LogP contribution in [-0.2, 0) is 20.0 Å². The van der Waals surface area contributed by atoms with Crippen molar-refractivity contribution in [3.63, 3.8) is 0 Å². The summed E-state index contributed by atoms with van der Waals surface area (Å²) >= 11 is 0. The molecule has 3 fully saturated rings. The smallest absolute Gasteiger partial charge is 0.404 e. The van der Waals surface area contributed by atoms with Crippen molar-refractivity contribution in [2.45, 2.75) is 89.0 Å². The molecule has 3 aliphatic heterocycles. The molecule has 0 spiro atoms. The minimum Gasteiger partial charge on any atom is -0.404 e. The van der Waals surface area contributed by atoms with Gasteiger partial charge in [0.05, 0.1) is 17.5 Å². The predicted molar refractivity (Wildman–Crippen MR) is 170 cm³/mol. The van der Waals surface area contributed by atoms with Gasteiger partial charge in [0.1, 0.15) is 0 Å². The Morgan fingerprint density at radius 2 is 1.68 bits per heavy atom. The lowest BCUT2D eigenvalue weighted by atomic mass is 9.97. The van der Waals surface area contributed by atoms with Gasteiger partial charge >= 0.3 is 6.09 Å². The highest BCUT2D eigenvalue weighted by Gasteiger charge is 2.41. The Hall–Kier alpha value is -2.52. The average Bonchev–Trinajstić information content (AvgIpc) is 3.19. The number of nitrogens with one attached hydrogen (secondary N) is 1. The van der Waals surface area contributed by atoms with Gasteiger partial charge in [-0.15, -0.1) is 0 Å².